The number of nitrogens with one attached hydrogen (secondary N) is 1. The third-order valence-electron chi connectivity index (χ3n) is 1.94. The van der Waals surface area contributed by atoms with E-state index in [2.05, 4.69) is 15.3 Å². The van der Waals surface area contributed by atoms with Crippen LogP contribution in [0.15, 0.2) is 6.20 Å². The number of anilines is 1. The Kier molecular flexibility index (Phi) is 4.33. The predicted octanol–water partition coefficient (Wildman–Crippen LogP) is 0.278. The number of hydrogen-bond acceptors (Lipinski definition) is 5. The Morgan fingerprint density at radius 2 is 2.18 bits per heavy atom. The summed E-state index contributed by atoms with van der Waals surface area (Å²) >= 11 is 4.80. The molecule has 0 aliphatic carbocycles. The molecule has 0 unspecified atom stereocenters. The maximum atomic E-state index is 11.2. The molecule has 0 radical (unpaired) electrons. The van der Waals surface area contributed by atoms with Crippen LogP contribution in [-0.4, -0.2) is 27.4 Å². The van der Waals surface area contributed by atoms with Gasteiger partial charge in [0.15, 0.2) is 11.5 Å². The van der Waals surface area contributed by atoms with Crippen molar-refractivity contribution in [3.63, 3.8) is 0 Å². The van der Waals surface area contributed by atoms with E-state index >= 15 is 0 Å². The molecular weight excluding hydrogens is 238 g/mol. The molecule has 0 aliphatic rings. The Labute approximate surface area is 105 Å². The van der Waals surface area contributed by atoms with Crippen LogP contribution in [0.25, 0.3) is 0 Å². The van der Waals surface area contributed by atoms with Crippen molar-refractivity contribution in [2.45, 2.75) is 13.8 Å². The topological polar surface area (TPSA) is 107 Å². The van der Waals surface area contributed by atoms with Gasteiger partial charge in [0.05, 0.1) is 6.20 Å². The van der Waals surface area contributed by atoms with Crippen LogP contribution in [0.1, 0.15) is 30.0 Å². The van der Waals surface area contributed by atoms with E-state index in [0.717, 1.165) is 0 Å². The third kappa shape index (κ3) is 3.63. The monoisotopic (exact) mass is 253 g/mol. The number of aromatic nitrogens is 2. The van der Waals surface area contributed by atoms with Gasteiger partial charge in [-0.15, -0.1) is 0 Å². The van der Waals surface area contributed by atoms with Crippen molar-refractivity contribution in [2.24, 2.45) is 17.4 Å². The van der Waals surface area contributed by atoms with E-state index in [1.165, 1.54) is 6.20 Å². The molecule has 1 amide bonds. The van der Waals surface area contributed by atoms with Crippen molar-refractivity contribution in [3.05, 3.63) is 17.6 Å². The summed E-state index contributed by atoms with van der Waals surface area (Å²) in [5, 5.41) is 3.00. The number of primary amides is 1. The van der Waals surface area contributed by atoms with Crippen LogP contribution >= 0.6 is 12.2 Å². The van der Waals surface area contributed by atoms with E-state index in [0.29, 0.717) is 24.0 Å². The third-order valence-corrected chi connectivity index (χ3v) is 2.15. The summed E-state index contributed by atoms with van der Waals surface area (Å²) in [6, 6.07) is 0. The lowest BCUT2D eigenvalue weighted by molar-refractivity contribution is 0.0996. The number of carbonyl (C=O) groups is 1. The van der Waals surface area contributed by atoms with Crippen molar-refractivity contribution < 1.29 is 4.79 Å². The Bertz CT molecular complexity index is 446. The predicted molar refractivity (Wildman–Crippen MR) is 69.8 cm³/mol. The lowest BCUT2D eigenvalue weighted by atomic mass is 10.2. The quantitative estimate of drug-likeness (QED) is 0.651. The zero-order chi connectivity index (χ0) is 13.0. The van der Waals surface area contributed by atoms with Crippen molar-refractivity contribution in [3.8, 4) is 0 Å². The average molecular weight is 253 g/mol. The van der Waals surface area contributed by atoms with Crippen LogP contribution < -0.4 is 16.8 Å². The number of thiocarbonyl (C=S) groups is 1. The van der Waals surface area contributed by atoms with Gasteiger partial charge in [-0.1, -0.05) is 26.1 Å². The van der Waals surface area contributed by atoms with E-state index < -0.39 is 5.91 Å². The highest BCUT2D eigenvalue weighted by Gasteiger charge is 2.13. The normalized spacial score (nSPS) is 10.3. The van der Waals surface area contributed by atoms with Gasteiger partial charge in [-0.3, -0.25) is 4.79 Å². The first-order valence-corrected chi connectivity index (χ1v) is 5.53. The summed E-state index contributed by atoms with van der Waals surface area (Å²) < 4.78 is 0. The van der Waals surface area contributed by atoms with Gasteiger partial charge in [0.1, 0.15) is 10.7 Å². The van der Waals surface area contributed by atoms with Gasteiger partial charge in [0.25, 0.3) is 5.91 Å². The first-order chi connectivity index (χ1) is 7.91. The number of amides is 1. The van der Waals surface area contributed by atoms with Crippen molar-refractivity contribution >= 4 is 28.9 Å². The highest BCUT2D eigenvalue weighted by atomic mass is 32.1. The molecule has 0 bridgehead atoms. The molecule has 0 aromatic carbocycles. The van der Waals surface area contributed by atoms with Crippen LogP contribution in [0.2, 0.25) is 0 Å². The molecule has 0 saturated heterocycles. The number of hydrogen-bond donors (Lipinski definition) is 3. The molecule has 6 nitrogen and oxygen atoms in total. The van der Waals surface area contributed by atoms with Crippen LogP contribution in [0.4, 0.5) is 5.82 Å². The fraction of sp³-hybridized carbons (Fsp3) is 0.400. The number of nitrogens with two attached hydrogens (primary N) is 2. The second-order valence-electron chi connectivity index (χ2n) is 3.96. The highest BCUT2D eigenvalue weighted by Crippen LogP contribution is 2.10. The van der Waals surface area contributed by atoms with Crippen molar-refractivity contribution in [1.29, 1.82) is 0 Å². The zero-order valence-electron chi connectivity index (χ0n) is 9.73. The molecular formula is C10H15N5OS. The summed E-state index contributed by atoms with van der Waals surface area (Å²) in [5.41, 5.74) is 11.1. The molecule has 0 saturated carbocycles. The van der Waals surface area contributed by atoms with Crippen LogP contribution in [0.3, 0.4) is 0 Å². The molecule has 0 spiro atoms. The van der Waals surface area contributed by atoms with Gasteiger partial charge < -0.3 is 16.8 Å². The SMILES string of the molecule is CC(C)CNc1nc(C(N)=S)cnc1C(N)=O. The maximum Gasteiger partial charge on any atom is 0.271 e. The highest BCUT2D eigenvalue weighted by molar-refractivity contribution is 7.80. The van der Waals surface area contributed by atoms with Gasteiger partial charge in [0, 0.05) is 6.54 Å². The fourth-order valence-electron chi connectivity index (χ4n) is 1.11. The minimum Gasteiger partial charge on any atom is -0.388 e. The van der Waals surface area contributed by atoms with Gasteiger partial charge in [-0.05, 0) is 5.92 Å². The Balaban J connectivity index is 3.07. The zero-order valence-corrected chi connectivity index (χ0v) is 10.5. The summed E-state index contributed by atoms with van der Waals surface area (Å²) in [5.74, 6) is 0.0701. The molecule has 1 aromatic heterocycles. The van der Waals surface area contributed by atoms with E-state index in [1.54, 1.807) is 0 Å². The van der Waals surface area contributed by atoms with Crippen LogP contribution in [0, 0.1) is 5.92 Å². The standard InChI is InChI=1S/C10H15N5OS/c1-5(2)3-14-10-7(8(11)16)13-4-6(15-10)9(12)17/h4-5H,3H2,1-2H3,(H2,11,16)(H2,12,17)(H,14,15). The Morgan fingerprint density at radius 3 is 2.65 bits per heavy atom. The molecule has 1 aromatic rings. The average Bonchev–Trinajstić information content (AvgIpc) is 2.25. The molecule has 0 atom stereocenters. The second kappa shape index (κ2) is 5.53. The fourth-order valence-corrected chi connectivity index (χ4v) is 1.21. The maximum absolute atomic E-state index is 11.2. The van der Waals surface area contributed by atoms with E-state index in [4.69, 9.17) is 23.7 Å². The second-order valence-corrected chi connectivity index (χ2v) is 4.40. The summed E-state index contributed by atoms with van der Waals surface area (Å²) in [6.45, 7) is 4.71. The molecule has 0 aliphatic heterocycles. The number of rotatable bonds is 5. The molecule has 1 rings (SSSR count). The minimum atomic E-state index is -0.641. The smallest absolute Gasteiger partial charge is 0.271 e. The van der Waals surface area contributed by atoms with Gasteiger partial charge in [-0.2, -0.15) is 0 Å². The first kappa shape index (κ1) is 13.3. The molecule has 0 fully saturated rings. The number of nitrogens with zero attached hydrogens (tertiary/aromatic N) is 2. The Hall–Kier alpha value is -1.76. The van der Waals surface area contributed by atoms with Gasteiger partial charge >= 0.3 is 0 Å². The molecule has 92 valence electrons. The lowest BCUT2D eigenvalue weighted by Crippen LogP contribution is -2.22. The number of carbonyl (C=O) groups excluding carboxylic acids is 1. The molecule has 7 heteroatoms. The molecule has 5 N–H and O–H groups in total. The van der Waals surface area contributed by atoms with Gasteiger partial charge in [-0.25, -0.2) is 9.97 Å². The summed E-state index contributed by atoms with van der Waals surface area (Å²) in [7, 11) is 0. The van der Waals surface area contributed by atoms with E-state index in [9.17, 15) is 4.79 Å². The Morgan fingerprint density at radius 1 is 1.53 bits per heavy atom. The minimum absolute atomic E-state index is 0.0886. The van der Waals surface area contributed by atoms with Gasteiger partial charge in [0.2, 0.25) is 0 Å². The van der Waals surface area contributed by atoms with Crippen molar-refractivity contribution in [2.75, 3.05) is 11.9 Å². The van der Waals surface area contributed by atoms with Crippen LogP contribution in [-0.2, 0) is 0 Å². The first-order valence-electron chi connectivity index (χ1n) is 5.12. The molecule has 1 heterocycles. The van der Waals surface area contributed by atoms with E-state index in [-0.39, 0.29) is 10.7 Å². The van der Waals surface area contributed by atoms with E-state index in [1.807, 2.05) is 13.8 Å². The molecule has 17 heavy (non-hydrogen) atoms. The van der Waals surface area contributed by atoms with Crippen molar-refractivity contribution in [1.82, 2.24) is 9.97 Å². The lowest BCUT2D eigenvalue weighted by Gasteiger charge is -2.11. The summed E-state index contributed by atoms with van der Waals surface area (Å²) in [6.07, 6.45) is 1.34. The summed E-state index contributed by atoms with van der Waals surface area (Å²) in [4.78, 5) is 19.3. The largest absolute Gasteiger partial charge is 0.388 e. The van der Waals surface area contributed by atoms with Crippen LogP contribution in [0.5, 0.6) is 0 Å².